The number of terminal acetylenes is 1. The molecule has 0 aliphatic carbocycles. The number of halogens is 1. The minimum atomic E-state index is -0.166. The lowest BCUT2D eigenvalue weighted by atomic mass is 10.1. The van der Waals surface area contributed by atoms with E-state index in [0.717, 1.165) is 5.56 Å². The van der Waals surface area contributed by atoms with Gasteiger partial charge in [0.15, 0.2) is 0 Å². The average molecular weight is 181 g/mol. The van der Waals surface area contributed by atoms with E-state index in [1.54, 1.807) is 18.5 Å². The van der Waals surface area contributed by atoms with Gasteiger partial charge in [0.2, 0.25) is 0 Å². The molecule has 3 heteroatoms. The molecule has 2 N–H and O–H groups in total. The molecule has 0 bridgehead atoms. The zero-order valence-electron chi connectivity index (χ0n) is 6.50. The van der Waals surface area contributed by atoms with Crippen molar-refractivity contribution in [3.63, 3.8) is 0 Å². The first-order valence-corrected chi connectivity index (χ1v) is 3.91. The number of hydrogen-bond acceptors (Lipinski definition) is 2. The molecular formula is C9H9ClN2. The smallest absolute Gasteiger partial charge is 0.0592 e. The third-order valence-corrected chi connectivity index (χ3v) is 1.70. The molecule has 0 amide bonds. The fraction of sp³-hybridized carbons (Fsp3) is 0.222. The van der Waals surface area contributed by atoms with Crippen LogP contribution in [0, 0.1) is 12.3 Å². The topological polar surface area (TPSA) is 38.9 Å². The van der Waals surface area contributed by atoms with Crippen LogP contribution in [0.25, 0.3) is 0 Å². The average Bonchev–Trinajstić information content (AvgIpc) is 2.05. The van der Waals surface area contributed by atoms with E-state index < -0.39 is 0 Å². The van der Waals surface area contributed by atoms with Gasteiger partial charge in [0.05, 0.1) is 5.02 Å². The maximum atomic E-state index is 5.73. The van der Waals surface area contributed by atoms with Gasteiger partial charge < -0.3 is 5.73 Å². The van der Waals surface area contributed by atoms with E-state index in [9.17, 15) is 0 Å². The number of rotatable bonds is 2. The normalized spacial score (nSPS) is 12.1. The zero-order valence-corrected chi connectivity index (χ0v) is 7.25. The summed E-state index contributed by atoms with van der Waals surface area (Å²) < 4.78 is 0. The molecule has 0 saturated heterocycles. The van der Waals surface area contributed by atoms with E-state index in [0.29, 0.717) is 11.4 Å². The lowest BCUT2D eigenvalue weighted by Crippen LogP contribution is -2.09. The summed E-state index contributed by atoms with van der Waals surface area (Å²) in [6.45, 7) is 0. The lowest BCUT2D eigenvalue weighted by Gasteiger charge is -2.07. The second-order valence-corrected chi connectivity index (χ2v) is 2.89. The van der Waals surface area contributed by atoms with Crippen LogP contribution >= 0.6 is 11.6 Å². The van der Waals surface area contributed by atoms with Crippen LogP contribution in [0.5, 0.6) is 0 Å². The lowest BCUT2D eigenvalue weighted by molar-refractivity contribution is 0.750. The number of aromatic nitrogens is 1. The van der Waals surface area contributed by atoms with Gasteiger partial charge in [-0.1, -0.05) is 11.6 Å². The zero-order chi connectivity index (χ0) is 8.97. The van der Waals surface area contributed by atoms with E-state index in [4.69, 9.17) is 23.8 Å². The van der Waals surface area contributed by atoms with Crippen molar-refractivity contribution in [2.45, 2.75) is 12.5 Å². The van der Waals surface area contributed by atoms with Gasteiger partial charge in [-0.3, -0.25) is 4.98 Å². The summed E-state index contributed by atoms with van der Waals surface area (Å²) in [6, 6.07) is 1.61. The molecule has 1 aromatic rings. The summed E-state index contributed by atoms with van der Waals surface area (Å²) >= 11 is 5.72. The predicted octanol–water partition coefficient (Wildman–Crippen LogP) is 1.76. The Morgan fingerprint density at radius 2 is 2.42 bits per heavy atom. The van der Waals surface area contributed by atoms with Crippen molar-refractivity contribution < 1.29 is 0 Å². The van der Waals surface area contributed by atoms with Crippen LogP contribution in [-0.2, 0) is 0 Å². The van der Waals surface area contributed by atoms with Crippen molar-refractivity contribution in [3.05, 3.63) is 29.0 Å². The summed E-state index contributed by atoms with van der Waals surface area (Å²) in [7, 11) is 0. The highest BCUT2D eigenvalue weighted by Gasteiger charge is 2.04. The first-order chi connectivity index (χ1) is 5.74. The third kappa shape index (κ3) is 2.23. The molecule has 0 fully saturated rings. The van der Waals surface area contributed by atoms with Crippen LogP contribution < -0.4 is 5.73 Å². The number of pyridine rings is 1. The number of hydrogen-bond donors (Lipinski definition) is 1. The van der Waals surface area contributed by atoms with Crippen molar-refractivity contribution in [1.82, 2.24) is 4.98 Å². The van der Waals surface area contributed by atoms with Crippen LogP contribution in [0.4, 0.5) is 0 Å². The SMILES string of the molecule is C#CCC(N)c1cncc(Cl)c1. The van der Waals surface area contributed by atoms with Gasteiger partial charge in [-0.25, -0.2) is 0 Å². The second-order valence-electron chi connectivity index (χ2n) is 2.45. The molecule has 1 atom stereocenters. The Morgan fingerprint density at radius 1 is 1.67 bits per heavy atom. The molecule has 1 aromatic heterocycles. The Morgan fingerprint density at radius 3 is 3.00 bits per heavy atom. The van der Waals surface area contributed by atoms with Crippen molar-refractivity contribution >= 4 is 11.6 Å². The van der Waals surface area contributed by atoms with Crippen LogP contribution in [0.1, 0.15) is 18.0 Å². The summed E-state index contributed by atoms with van der Waals surface area (Å²) in [5, 5.41) is 0.583. The van der Waals surface area contributed by atoms with Gasteiger partial charge in [-0.05, 0) is 11.6 Å². The van der Waals surface area contributed by atoms with E-state index in [2.05, 4.69) is 10.9 Å². The largest absolute Gasteiger partial charge is 0.323 e. The molecule has 62 valence electrons. The standard InChI is InChI=1S/C9H9ClN2/c1-2-3-9(11)7-4-8(10)6-12-5-7/h1,4-6,9H,3,11H2. The molecule has 0 aliphatic rings. The van der Waals surface area contributed by atoms with Crippen LogP contribution in [0.3, 0.4) is 0 Å². The van der Waals surface area contributed by atoms with E-state index in [1.165, 1.54) is 0 Å². The molecular weight excluding hydrogens is 172 g/mol. The Labute approximate surface area is 76.8 Å². The molecule has 0 radical (unpaired) electrons. The monoisotopic (exact) mass is 180 g/mol. The molecule has 0 aromatic carbocycles. The first-order valence-electron chi connectivity index (χ1n) is 3.53. The van der Waals surface area contributed by atoms with Crippen molar-refractivity contribution in [3.8, 4) is 12.3 Å². The second kappa shape index (κ2) is 4.10. The highest BCUT2D eigenvalue weighted by atomic mass is 35.5. The fourth-order valence-corrected chi connectivity index (χ4v) is 1.06. The Kier molecular flexibility index (Phi) is 3.09. The maximum absolute atomic E-state index is 5.73. The molecule has 0 aliphatic heterocycles. The van der Waals surface area contributed by atoms with Gasteiger partial charge in [-0.2, -0.15) is 0 Å². The Bertz CT molecular complexity index is 304. The van der Waals surface area contributed by atoms with Crippen molar-refractivity contribution in [1.29, 1.82) is 0 Å². The Balaban J connectivity index is 2.82. The predicted molar refractivity (Wildman–Crippen MR) is 49.6 cm³/mol. The van der Waals surface area contributed by atoms with E-state index in [-0.39, 0.29) is 6.04 Å². The molecule has 1 unspecified atom stereocenters. The van der Waals surface area contributed by atoms with Gasteiger partial charge in [0, 0.05) is 24.9 Å². The molecule has 1 rings (SSSR count). The molecule has 0 spiro atoms. The molecule has 2 nitrogen and oxygen atoms in total. The molecule has 1 heterocycles. The van der Waals surface area contributed by atoms with Crippen molar-refractivity contribution in [2.75, 3.05) is 0 Å². The minimum Gasteiger partial charge on any atom is -0.323 e. The van der Waals surface area contributed by atoms with Gasteiger partial charge in [0.25, 0.3) is 0 Å². The van der Waals surface area contributed by atoms with Crippen LogP contribution in [-0.4, -0.2) is 4.98 Å². The molecule has 0 saturated carbocycles. The fourth-order valence-electron chi connectivity index (χ4n) is 0.876. The maximum Gasteiger partial charge on any atom is 0.0592 e. The summed E-state index contributed by atoms with van der Waals surface area (Å²) in [6.07, 6.45) is 8.86. The first kappa shape index (κ1) is 9.05. The van der Waals surface area contributed by atoms with Crippen molar-refractivity contribution in [2.24, 2.45) is 5.73 Å². The minimum absolute atomic E-state index is 0.166. The summed E-state index contributed by atoms with van der Waals surface area (Å²) in [4.78, 5) is 3.91. The highest BCUT2D eigenvalue weighted by Crippen LogP contribution is 2.15. The van der Waals surface area contributed by atoms with Gasteiger partial charge in [-0.15, -0.1) is 12.3 Å². The van der Waals surface area contributed by atoms with Gasteiger partial charge in [0.1, 0.15) is 0 Å². The number of nitrogens with zero attached hydrogens (tertiary/aromatic N) is 1. The molecule has 12 heavy (non-hydrogen) atoms. The summed E-state index contributed by atoms with van der Waals surface area (Å²) in [5.74, 6) is 2.49. The van der Waals surface area contributed by atoms with E-state index >= 15 is 0 Å². The quantitative estimate of drug-likeness (QED) is 0.705. The number of nitrogens with two attached hydrogens (primary N) is 1. The Hall–Kier alpha value is -1.04. The van der Waals surface area contributed by atoms with Crippen LogP contribution in [0.15, 0.2) is 18.5 Å². The van der Waals surface area contributed by atoms with Crippen LogP contribution in [0.2, 0.25) is 5.02 Å². The van der Waals surface area contributed by atoms with E-state index in [1.807, 2.05) is 0 Å². The van der Waals surface area contributed by atoms with Gasteiger partial charge >= 0.3 is 0 Å². The summed E-state index contributed by atoms with van der Waals surface area (Å²) in [5.41, 5.74) is 6.61. The third-order valence-electron chi connectivity index (χ3n) is 1.49. The highest BCUT2D eigenvalue weighted by molar-refractivity contribution is 6.30.